The lowest BCUT2D eigenvalue weighted by atomic mass is 10.0. The van der Waals surface area contributed by atoms with E-state index in [1.165, 1.54) is 14.2 Å². The molecule has 0 saturated heterocycles. The summed E-state index contributed by atoms with van der Waals surface area (Å²) in [6, 6.07) is 18.6. The quantitative estimate of drug-likeness (QED) is 0.508. The van der Waals surface area contributed by atoms with Gasteiger partial charge in [0.15, 0.2) is 0 Å². The first-order valence-electron chi connectivity index (χ1n) is 9.98. The number of halogens is 1. The van der Waals surface area contributed by atoms with Crippen LogP contribution in [0.15, 0.2) is 72.4 Å². The van der Waals surface area contributed by atoms with Gasteiger partial charge in [0.2, 0.25) is 0 Å². The van der Waals surface area contributed by atoms with Crippen LogP contribution in [0.1, 0.15) is 5.56 Å². The molecule has 3 aromatic rings. The van der Waals surface area contributed by atoms with Crippen molar-refractivity contribution in [1.82, 2.24) is 0 Å². The Bertz CT molecular complexity index is 1210. The predicted molar refractivity (Wildman–Crippen MR) is 127 cm³/mol. The summed E-state index contributed by atoms with van der Waals surface area (Å²) in [7, 11) is 4.62. The number of benzene rings is 3. The van der Waals surface area contributed by atoms with E-state index < -0.39 is 11.8 Å². The zero-order chi connectivity index (χ0) is 23.5. The molecule has 0 radical (unpaired) electrons. The molecule has 0 saturated carbocycles. The molecule has 8 heteroatoms. The minimum atomic E-state index is -0.489. The Morgan fingerprint density at radius 2 is 1.30 bits per heavy atom. The van der Waals surface area contributed by atoms with E-state index in [4.69, 9.17) is 25.8 Å². The fraction of sp³-hybridized carbons (Fsp3) is 0.120. The van der Waals surface area contributed by atoms with Crippen molar-refractivity contribution in [1.29, 1.82) is 0 Å². The lowest BCUT2D eigenvalue weighted by molar-refractivity contribution is -0.120. The van der Waals surface area contributed by atoms with Crippen LogP contribution in [0.5, 0.6) is 17.2 Å². The number of hydrogen-bond acceptors (Lipinski definition) is 6. The molecule has 0 aliphatic carbocycles. The van der Waals surface area contributed by atoms with Gasteiger partial charge in [-0.1, -0.05) is 23.7 Å². The molecule has 4 rings (SSSR count). The van der Waals surface area contributed by atoms with Gasteiger partial charge in [0, 0.05) is 28.9 Å². The molecule has 168 valence electrons. The van der Waals surface area contributed by atoms with Gasteiger partial charge in [0.25, 0.3) is 11.8 Å². The van der Waals surface area contributed by atoms with Crippen molar-refractivity contribution in [2.45, 2.75) is 0 Å². The molecule has 0 unspecified atom stereocenters. The van der Waals surface area contributed by atoms with Crippen LogP contribution in [0.2, 0.25) is 5.02 Å². The molecule has 7 nitrogen and oxygen atoms in total. The maximum atomic E-state index is 13.5. The lowest BCUT2D eigenvalue weighted by Crippen LogP contribution is -2.32. The average molecular weight is 465 g/mol. The van der Waals surface area contributed by atoms with Gasteiger partial charge in [-0.15, -0.1) is 0 Å². The largest absolute Gasteiger partial charge is 0.497 e. The zero-order valence-electron chi connectivity index (χ0n) is 18.2. The van der Waals surface area contributed by atoms with Crippen molar-refractivity contribution in [3.63, 3.8) is 0 Å². The van der Waals surface area contributed by atoms with Crippen molar-refractivity contribution in [2.75, 3.05) is 31.5 Å². The standard InChI is InChI=1S/C25H21ClN2O5/c1-31-19-10-8-18(9-11-19)28-24(29)22(15-4-6-16(26)7-5-15)23(25(28)30)27-17-12-20(32-2)14-21(13-17)33-3/h4-14,27H,1-3H3. The second-order valence-electron chi connectivity index (χ2n) is 7.13. The minimum Gasteiger partial charge on any atom is -0.497 e. The van der Waals surface area contributed by atoms with E-state index in [1.807, 2.05) is 0 Å². The van der Waals surface area contributed by atoms with E-state index >= 15 is 0 Å². The summed E-state index contributed by atoms with van der Waals surface area (Å²) in [4.78, 5) is 28.1. The van der Waals surface area contributed by atoms with Crippen molar-refractivity contribution in [3.8, 4) is 17.2 Å². The van der Waals surface area contributed by atoms with Gasteiger partial charge >= 0.3 is 0 Å². The molecule has 0 aromatic heterocycles. The Kier molecular flexibility index (Phi) is 6.24. The van der Waals surface area contributed by atoms with E-state index in [0.29, 0.717) is 39.2 Å². The first-order chi connectivity index (χ1) is 15.9. The Balaban J connectivity index is 1.81. The predicted octanol–water partition coefficient (Wildman–Crippen LogP) is 4.76. The highest BCUT2D eigenvalue weighted by atomic mass is 35.5. The number of amides is 2. The van der Waals surface area contributed by atoms with Crippen molar-refractivity contribution in [3.05, 3.63) is 83.0 Å². The molecule has 0 fully saturated rings. The third-order valence-corrected chi connectivity index (χ3v) is 5.42. The number of nitrogens with one attached hydrogen (secondary N) is 1. The highest BCUT2D eigenvalue weighted by Gasteiger charge is 2.40. The van der Waals surface area contributed by atoms with Crippen molar-refractivity contribution >= 4 is 40.4 Å². The third kappa shape index (κ3) is 4.36. The van der Waals surface area contributed by atoms with Gasteiger partial charge in [0.05, 0.1) is 32.6 Å². The van der Waals surface area contributed by atoms with Crippen LogP contribution in [0.4, 0.5) is 11.4 Å². The Morgan fingerprint density at radius 3 is 1.85 bits per heavy atom. The minimum absolute atomic E-state index is 0.133. The normalized spacial score (nSPS) is 13.4. The second kappa shape index (κ2) is 9.26. The molecule has 0 spiro atoms. The molecule has 1 heterocycles. The lowest BCUT2D eigenvalue weighted by Gasteiger charge is -2.16. The smallest absolute Gasteiger partial charge is 0.282 e. The Labute approximate surface area is 196 Å². The van der Waals surface area contributed by atoms with E-state index in [1.54, 1.807) is 73.8 Å². The highest BCUT2D eigenvalue weighted by Crippen LogP contribution is 2.36. The monoisotopic (exact) mass is 464 g/mol. The van der Waals surface area contributed by atoms with Crippen LogP contribution in [0.3, 0.4) is 0 Å². The van der Waals surface area contributed by atoms with Gasteiger partial charge in [-0.25, -0.2) is 4.90 Å². The number of rotatable bonds is 7. The summed E-state index contributed by atoms with van der Waals surface area (Å²) in [6.45, 7) is 0. The van der Waals surface area contributed by atoms with Crippen molar-refractivity contribution < 1.29 is 23.8 Å². The number of carbonyl (C=O) groups is 2. The first kappa shape index (κ1) is 22.2. The maximum absolute atomic E-state index is 13.5. The molecule has 1 N–H and O–H groups in total. The van der Waals surface area contributed by atoms with Gasteiger partial charge < -0.3 is 19.5 Å². The average Bonchev–Trinajstić information content (AvgIpc) is 3.08. The molecule has 1 aliphatic rings. The number of methoxy groups -OCH3 is 3. The fourth-order valence-corrected chi connectivity index (χ4v) is 3.65. The second-order valence-corrected chi connectivity index (χ2v) is 7.56. The first-order valence-corrected chi connectivity index (χ1v) is 10.4. The summed E-state index contributed by atoms with van der Waals surface area (Å²) in [5.74, 6) is 0.746. The molecule has 2 amide bonds. The molecular weight excluding hydrogens is 444 g/mol. The van der Waals surface area contributed by atoms with Crippen LogP contribution in [-0.4, -0.2) is 33.1 Å². The van der Waals surface area contributed by atoms with Crippen LogP contribution in [0.25, 0.3) is 5.57 Å². The topological polar surface area (TPSA) is 77.1 Å². The highest BCUT2D eigenvalue weighted by molar-refractivity contribution is 6.46. The van der Waals surface area contributed by atoms with Gasteiger partial charge in [-0.05, 0) is 42.0 Å². The van der Waals surface area contributed by atoms with Gasteiger partial charge in [0.1, 0.15) is 22.9 Å². The van der Waals surface area contributed by atoms with Crippen LogP contribution in [0, 0.1) is 0 Å². The molecule has 0 bridgehead atoms. The van der Waals surface area contributed by atoms with Crippen molar-refractivity contribution in [2.24, 2.45) is 0 Å². The molecule has 0 atom stereocenters. The summed E-state index contributed by atoms with van der Waals surface area (Å²) >= 11 is 6.04. The summed E-state index contributed by atoms with van der Waals surface area (Å²) in [5, 5.41) is 3.63. The SMILES string of the molecule is COc1ccc(N2C(=O)C(Nc3cc(OC)cc(OC)c3)=C(c3ccc(Cl)cc3)C2=O)cc1. The zero-order valence-corrected chi connectivity index (χ0v) is 19.0. The van der Waals surface area contributed by atoms with E-state index in [0.717, 1.165) is 4.90 Å². The maximum Gasteiger partial charge on any atom is 0.282 e. The number of hydrogen-bond donors (Lipinski definition) is 1. The van der Waals surface area contributed by atoms with E-state index in [-0.39, 0.29) is 11.3 Å². The number of imide groups is 1. The summed E-state index contributed by atoms with van der Waals surface area (Å²) < 4.78 is 15.8. The summed E-state index contributed by atoms with van der Waals surface area (Å²) in [6.07, 6.45) is 0. The van der Waals surface area contributed by atoms with E-state index in [9.17, 15) is 9.59 Å². The molecular formula is C25H21ClN2O5. The molecule has 1 aliphatic heterocycles. The summed E-state index contributed by atoms with van der Waals surface area (Å²) in [5.41, 5.74) is 1.89. The number of nitrogens with zero attached hydrogens (tertiary/aromatic N) is 1. The fourth-order valence-electron chi connectivity index (χ4n) is 3.52. The van der Waals surface area contributed by atoms with Crippen LogP contribution in [-0.2, 0) is 9.59 Å². The van der Waals surface area contributed by atoms with Crippen LogP contribution >= 0.6 is 11.6 Å². The number of anilines is 2. The van der Waals surface area contributed by atoms with Gasteiger partial charge in [-0.2, -0.15) is 0 Å². The Hall–Kier alpha value is -3.97. The van der Waals surface area contributed by atoms with E-state index in [2.05, 4.69) is 5.32 Å². The molecule has 3 aromatic carbocycles. The number of ether oxygens (including phenoxy) is 3. The number of carbonyl (C=O) groups excluding carboxylic acids is 2. The Morgan fingerprint density at radius 1 is 0.727 bits per heavy atom. The third-order valence-electron chi connectivity index (χ3n) is 5.17. The van der Waals surface area contributed by atoms with Crippen LogP contribution < -0.4 is 24.4 Å². The van der Waals surface area contributed by atoms with Gasteiger partial charge in [-0.3, -0.25) is 9.59 Å². The molecule has 33 heavy (non-hydrogen) atoms.